The van der Waals surface area contributed by atoms with Crippen molar-refractivity contribution >= 4 is 12.0 Å². The van der Waals surface area contributed by atoms with Gasteiger partial charge in [0.2, 0.25) is 0 Å². The van der Waals surface area contributed by atoms with Crippen LogP contribution in [0, 0.1) is 24.2 Å². The van der Waals surface area contributed by atoms with E-state index in [2.05, 4.69) is 16.6 Å². The fourth-order valence-electron chi connectivity index (χ4n) is 1.54. The molecule has 0 aliphatic carbocycles. The number of rotatable bonds is 8. The number of terminal acetylenes is 1. The predicted molar refractivity (Wildman–Crippen MR) is 74.6 cm³/mol. The molecule has 0 aromatic carbocycles. The van der Waals surface area contributed by atoms with Crippen LogP contribution in [0.3, 0.4) is 0 Å². The molecule has 5 heteroatoms. The molecule has 2 atom stereocenters. The first-order valence-electron chi connectivity index (χ1n) is 6.59. The summed E-state index contributed by atoms with van der Waals surface area (Å²) in [6.07, 6.45) is 6.86. The van der Waals surface area contributed by atoms with Crippen molar-refractivity contribution in [1.29, 1.82) is 0 Å². The highest BCUT2D eigenvalue weighted by atomic mass is 16.4. The van der Waals surface area contributed by atoms with Crippen molar-refractivity contribution in [3.8, 4) is 12.3 Å². The number of urea groups is 1. The molecule has 0 spiro atoms. The maximum atomic E-state index is 11.6. The van der Waals surface area contributed by atoms with Crippen LogP contribution in [0.5, 0.6) is 0 Å². The van der Waals surface area contributed by atoms with Crippen molar-refractivity contribution in [3.63, 3.8) is 0 Å². The van der Waals surface area contributed by atoms with Gasteiger partial charge < -0.3 is 15.7 Å². The second-order valence-electron chi connectivity index (χ2n) is 5.11. The third-order valence-corrected chi connectivity index (χ3v) is 2.91. The van der Waals surface area contributed by atoms with E-state index >= 15 is 0 Å². The molecule has 0 saturated heterocycles. The molecule has 0 aliphatic rings. The summed E-state index contributed by atoms with van der Waals surface area (Å²) in [6.45, 7) is 6.38. The van der Waals surface area contributed by atoms with Crippen molar-refractivity contribution in [2.75, 3.05) is 6.54 Å². The highest BCUT2D eigenvalue weighted by Crippen LogP contribution is 2.09. The van der Waals surface area contributed by atoms with E-state index in [1.807, 2.05) is 20.8 Å². The minimum atomic E-state index is -0.786. The molecule has 0 aromatic rings. The molecule has 0 bridgehead atoms. The van der Waals surface area contributed by atoms with E-state index in [0.717, 1.165) is 6.42 Å². The lowest BCUT2D eigenvalue weighted by Crippen LogP contribution is -2.44. The number of carboxylic acid groups (broad SMARTS) is 1. The van der Waals surface area contributed by atoms with E-state index in [-0.39, 0.29) is 30.3 Å². The lowest BCUT2D eigenvalue weighted by Gasteiger charge is -2.17. The monoisotopic (exact) mass is 268 g/mol. The standard InChI is InChI=1S/C14H24N2O3/c1-5-12(10(2)3)16-14(19)15-9-8-11(4)6-7-13(17)18/h1,10-12H,6-9H2,2-4H3,(H,17,18)(H2,15,16,19). The maximum Gasteiger partial charge on any atom is 0.315 e. The van der Waals surface area contributed by atoms with E-state index in [1.165, 1.54) is 0 Å². The van der Waals surface area contributed by atoms with Crippen LogP contribution in [0.4, 0.5) is 4.79 Å². The molecule has 2 unspecified atom stereocenters. The molecule has 0 radical (unpaired) electrons. The Morgan fingerprint density at radius 1 is 1.26 bits per heavy atom. The molecule has 0 aromatic heterocycles. The van der Waals surface area contributed by atoms with Crippen molar-refractivity contribution in [2.24, 2.45) is 11.8 Å². The molecular formula is C14H24N2O3. The summed E-state index contributed by atoms with van der Waals surface area (Å²) >= 11 is 0. The lowest BCUT2D eigenvalue weighted by molar-refractivity contribution is -0.137. The van der Waals surface area contributed by atoms with Crippen molar-refractivity contribution < 1.29 is 14.7 Å². The van der Waals surface area contributed by atoms with Gasteiger partial charge in [0.15, 0.2) is 0 Å². The molecule has 3 N–H and O–H groups in total. The number of hydrogen-bond donors (Lipinski definition) is 3. The first-order valence-corrected chi connectivity index (χ1v) is 6.59. The Hall–Kier alpha value is -1.70. The van der Waals surface area contributed by atoms with Gasteiger partial charge in [-0.1, -0.05) is 26.7 Å². The van der Waals surface area contributed by atoms with Gasteiger partial charge in [0.25, 0.3) is 0 Å². The Morgan fingerprint density at radius 3 is 2.37 bits per heavy atom. The number of aliphatic carboxylic acids is 1. The fraction of sp³-hybridized carbons (Fsp3) is 0.714. The number of nitrogens with one attached hydrogen (secondary N) is 2. The molecule has 0 rings (SSSR count). The van der Waals surface area contributed by atoms with E-state index in [1.54, 1.807) is 0 Å². The van der Waals surface area contributed by atoms with Gasteiger partial charge in [0.05, 0.1) is 6.04 Å². The van der Waals surface area contributed by atoms with E-state index in [9.17, 15) is 9.59 Å². The number of amides is 2. The van der Waals surface area contributed by atoms with E-state index in [0.29, 0.717) is 13.0 Å². The Bertz CT molecular complexity index is 334. The highest BCUT2D eigenvalue weighted by molar-refractivity contribution is 5.74. The largest absolute Gasteiger partial charge is 0.481 e. The smallest absolute Gasteiger partial charge is 0.315 e. The minimum absolute atomic E-state index is 0.167. The van der Waals surface area contributed by atoms with Gasteiger partial charge in [-0.3, -0.25) is 4.79 Å². The zero-order chi connectivity index (χ0) is 14.8. The van der Waals surface area contributed by atoms with Gasteiger partial charge >= 0.3 is 12.0 Å². The lowest BCUT2D eigenvalue weighted by atomic mass is 10.0. The van der Waals surface area contributed by atoms with Crippen LogP contribution in [-0.4, -0.2) is 29.7 Å². The van der Waals surface area contributed by atoms with Crippen LogP contribution in [0.15, 0.2) is 0 Å². The number of carbonyl (C=O) groups excluding carboxylic acids is 1. The van der Waals surface area contributed by atoms with Gasteiger partial charge in [-0.15, -0.1) is 6.42 Å². The van der Waals surface area contributed by atoms with Crippen LogP contribution in [0.2, 0.25) is 0 Å². The van der Waals surface area contributed by atoms with Crippen LogP contribution >= 0.6 is 0 Å². The Kier molecular flexibility index (Phi) is 8.43. The summed E-state index contributed by atoms with van der Waals surface area (Å²) < 4.78 is 0. The molecule has 5 nitrogen and oxygen atoms in total. The van der Waals surface area contributed by atoms with Gasteiger partial charge in [0, 0.05) is 13.0 Å². The van der Waals surface area contributed by atoms with Crippen LogP contribution < -0.4 is 10.6 Å². The average molecular weight is 268 g/mol. The SMILES string of the molecule is C#CC(NC(=O)NCCC(C)CCC(=O)O)C(C)C. The molecule has 19 heavy (non-hydrogen) atoms. The molecule has 0 aliphatic heterocycles. The topological polar surface area (TPSA) is 78.4 Å². The van der Waals surface area contributed by atoms with Crippen LogP contribution in [0.1, 0.15) is 40.0 Å². The third-order valence-electron chi connectivity index (χ3n) is 2.91. The Labute approximate surface area is 115 Å². The van der Waals surface area contributed by atoms with Gasteiger partial charge in [-0.2, -0.15) is 0 Å². The Morgan fingerprint density at radius 2 is 1.89 bits per heavy atom. The molecule has 0 fully saturated rings. The predicted octanol–water partition coefficient (Wildman–Crippen LogP) is 1.83. The summed E-state index contributed by atoms with van der Waals surface area (Å²) in [5.74, 6) is 2.20. The van der Waals surface area contributed by atoms with Crippen molar-refractivity contribution in [3.05, 3.63) is 0 Å². The Balaban J connectivity index is 3.80. The van der Waals surface area contributed by atoms with Gasteiger partial charge in [-0.25, -0.2) is 4.79 Å². The number of carboxylic acids is 1. The zero-order valence-electron chi connectivity index (χ0n) is 11.9. The highest BCUT2D eigenvalue weighted by Gasteiger charge is 2.13. The third kappa shape index (κ3) is 8.95. The van der Waals surface area contributed by atoms with Crippen molar-refractivity contribution in [1.82, 2.24) is 10.6 Å². The summed E-state index contributed by atoms with van der Waals surface area (Å²) in [7, 11) is 0. The maximum absolute atomic E-state index is 11.6. The molecular weight excluding hydrogens is 244 g/mol. The minimum Gasteiger partial charge on any atom is -0.481 e. The first kappa shape index (κ1) is 17.3. The summed E-state index contributed by atoms with van der Waals surface area (Å²) in [5, 5.41) is 14.0. The number of hydrogen-bond acceptors (Lipinski definition) is 2. The fourth-order valence-corrected chi connectivity index (χ4v) is 1.54. The second-order valence-corrected chi connectivity index (χ2v) is 5.11. The first-order chi connectivity index (χ1) is 8.86. The molecule has 0 saturated carbocycles. The molecule has 108 valence electrons. The average Bonchev–Trinajstić information content (AvgIpc) is 2.33. The quantitative estimate of drug-likeness (QED) is 0.588. The summed E-state index contributed by atoms with van der Waals surface area (Å²) in [6, 6.07) is -0.550. The summed E-state index contributed by atoms with van der Waals surface area (Å²) in [4.78, 5) is 22.0. The van der Waals surface area contributed by atoms with Gasteiger partial charge in [-0.05, 0) is 24.7 Å². The van der Waals surface area contributed by atoms with E-state index in [4.69, 9.17) is 11.5 Å². The summed E-state index contributed by atoms with van der Waals surface area (Å²) in [5.41, 5.74) is 0. The normalized spacial score (nSPS) is 13.4. The van der Waals surface area contributed by atoms with Crippen LogP contribution in [0.25, 0.3) is 0 Å². The van der Waals surface area contributed by atoms with E-state index < -0.39 is 5.97 Å². The van der Waals surface area contributed by atoms with Crippen LogP contribution in [-0.2, 0) is 4.79 Å². The molecule has 0 heterocycles. The zero-order valence-corrected chi connectivity index (χ0v) is 11.9. The second kappa shape index (κ2) is 9.26. The number of carbonyl (C=O) groups is 2. The molecule has 2 amide bonds. The van der Waals surface area contributed by atoms with Gasteiger partial charge in [0.1, 0.15) is 0 Å². The van der Waals surface area contributed by atoms with Crippen molar-refractivity contribution in [2.45, 2.75) is 46.1 Å².